The fourth-order valence-electron chi connectivity index (χ4n) is 4.38. The summed E-state index contributed by atoms with van der Waals surface area (Å²) in [7, 11) is 1.31. The molecular weight excluding hydrogens is 502 g/mol. The van der Waals surface area contributed by atoms with Crippen LogP contribution in [0.25, 0.3) is 0 Å². The molecule has 2 aromatic rings. The number of carbonyl (C=O) groups is 3. The zero-order chi connectivity index (χ0) is 29.0. The number of alkyl carbamates (subject to hydrolysis) is 1. The highest BCUT2D eigenvalue weighted by Gasteiger charge is 2.35. The summed E-state index contributed by atoms with van der Waals surface area (Å²) in [6.45, 7) is 12.2. The van der Waals surface area contributed by atoms with E-state index in [1.54, 1.807) is 45.2 Å². The summed E-state index contributed by atoms with van der Waals surface area (Å²) in [6.07, 6.45) is 1.51. The van der Waals surface area contributed by atoms with E-state index in [1.807, 2.05) is 17.0 Å². The Hall–Kier alpha value is -3.73. The number of rotatable bonds is 7. The lowest BCUT2D eigenvalue weighted by Gasteiger charge is -2.24. The van der Waals surface area contributed by atoms with E-state index < -0.39 is 23.4 Å². The van der Waals surface area contributed by atoms with Crippen molar-refractivity contribution in [3.05, 3.63) is 58.1 Å². The van der Waals surface area contributed by atoms with Crippen LogP contribution in [0.5, 0.6) is 0 Å². The van der Waals surface area contributed by atoms with Crippen molar-refractivity contribution in [1.29, 1.82) is 0 Å². The van der Waals surface area contributed by atoms with Gasteiger partial charge in [-0.15, -0.1) is 0 Å². The molecule has 0 bridgehead atoms. The lowest BCUT2D eigenvalue weighted by atomic mass is 9.87. The van der Waals surface area contributed by atoms with Gasteiger partial charge in [0.05, 0.1) is 19.7 Å². The maximum atomic E-state index is 12.9. The van der Waals surface area contributed by atoms with Crippen LogP contribution < -0.4 is 16.3 Å². The fourth-order valence-corrected chi connectivity index (χ4v) is 4.38. The van der Waals surface area contributed by atoms with Crippen molar-refractivity contribution < 1.29 is 23.9 Å². The van der Waals surface area contributed by atoms with Crippen LogP contribution in [-0.4, -0.2) is 70.8 Å². The van der Waals surface area contributed by atoms with E-state index in [4.69, 9.17) is 9.47 Å². The van der Waals surface area contributed by atoms with Crippen LogP contribution in [0.1, 0.15) is 69.9 Å². The van der Waals surface area contributed by atoms with Gasteiger partial charge < -0.3 is 20.1 Å². The number of likely N-dealkylation sites (tertiary alicyclic amines) is 1. The highest BCUT2D eigenvalue weighted by molar-refractivity contribution is 6.03. The Balaban J connectivity index is 1.69. The van der Waals surface area contributed by atoms with E-state index in [0.717, 1.165) is 5.56 Å². The van der Waals surface area contributed by atoms with Gasteiger partial charge in [-0.3, -0.25) is 19.1 Å². The first-order valence-electron chi connectivity index (χ1n) is 12.9. The van der Waals surface area contributed by atoms with Crippen molar-refractivity contribution in [3.8, 4) is 0 Å². The van der Waals surface area contributed by atoms with Crippen molar-refractivity contribution in [2.75, 3.05) is 32.1 Å². The average molecular weight is 542 g/mol. The molecule has 1 fully saturated rings. The molecule has 0 spiro atoms. The molecule has 3 rings (SSSR count). The molecule has 0 radical (unpaired) electrons. The summed E-state index contributed by atoms with van der Waals surface area (Å²) < 4.78 is 11.6. The molecule has 0 aliphatic carbocycles. The van der Waals surface area contributed by atoms with Gasteiger partial charge >= 0.3 is 17.8 Å². The summed E-state index contributed by atoms with van der Waals surface area (Å²) in [4.78, 5) is 55.7. The minimum atomic E-state index is -0.639. The Kier molecular flexibility index (Phi) is 9.16. The van der Waals surface area contributed by atoms with E-state index >= 15 is 0 Å². The van der Waals surface area contributed by atoms with Gasteiger partial charge in [-0.2, -0.15) is 4.98 Å². The summed E-state index contributed by atoms with van der Waals surface area (Å²) in [5, 5.41) is 5.42. The molecule has 1 aromatic carbocycles. The largest absolute Gasteiger partial charge is 0.468 e. The molecule has 2 amide bonds. The Morgan fingerprint density at radius 1 is 1.05 bits per heavy atom. The quantitative estimate of drug-likeness (QED) is 0.511. The van der Waals surface area contributed by atoms with Gasteiger partial charge in [-0.25, -0.2) is 9.59 Å². The molecule has 11 nitrogen and oxygen atoms in total. The second kappa shape index (κ2) is 12.0. The summed E-state index contributed by atoms with van der Waals surface area (Å²) in [6, 6.07) is 8.36. The average Bonchev–Trinajstić information content (AvgIpc) is 3.23. The van der Waals surface area contributed by atoms with Crippen molar-refractivity contribution in [3.63, 3.8) is 0 Å². The van der Waals surface area contributed by atoms with Crippen LogP contribution in [-0.2, 0) is 19.7 Å². The molecule has 39 heavy (non-hydrogen) atoms. The lowest BCUT2D eigenvalue weighted by molar-refractivity contribution is -0.142. The lowest BCUT2D eigenvalue weighted by Crippen LogP contribution is -2.43. The standard InChI is InChI=1S/C28H39N5O6/c1-27(2,3)19-10-8-18(9-11-19)24(35)30-22-12-13-33(25(36)31-22)21-14-20(32(16-21)17-23(34)38-7)15-29-26(37)39-28(4,5)6/h8-13,20-21H,14-17H2,1-7H3,(H,29,37)(H,30,31,35,36)/t20-,21-/m1/s1. The van der Waals surface area contributed by atoms with Gasteiger partial charge in [0.15, 0.2) is 0 Å². The number of hydrogen-bond donors (Lipinski definition) is 2. The van der Waals surface area contributed by atoms with E-state index in [0.29, 0.717) is 18.5 Å². The third kappa shape index (κ3) is 8.38. The summed E-state index contributed by atoms with van der Waals surface area (Å²) in [5.74, 6) is -0.635. The van der Waals surface area contributed by atoms with Crippen LogP contribution in [0, 0.1) is 0 Å². The Morgan fingerprint density at radius 3 is 2.28 bits per heavy atom. The number of nitrogens with zero attached hydrogens (tertiary/aromatic N) is 3. The molecule has 11 heteroatoms. The van der Waals surface area contributed by atoms with Gasteiger partial charge in [0.1, 0.15) is 11.4 Å². The predicted molar refractivity (Wildman–Crippen MR) is 147 cm³/mol. The van der Waals surface area contributed by atoms with Crippen LogP contribution >= 0.6 is 0 Å². The molecule has 212 valence electrons. The van der Waals surface area contributed by atoms with Crippen molar-refractivity contribution >= 4 is 23.8 Å². The second-order valence-corrected chi connectivity index (χ2v) is 11.7. The molecule has 2 heterocycles. The first-order chi connectivity index (χ1) is 18.2. The minimum Gasteiger partial charge on any atom is -0.468 e. The smallest absolute Gasteiger partial charge is 0.407 e. The topological polar surface area (TPSA) is 132 Å². The van der Waals surface area contributed by atoms with Crippen LogP contribution in [0.15, 0.2) is 41.3 Å². The Bertz CT molecular complexity index is 1240. The first-order valence-corrected chi connectivity index (χ1v) is 12.9. The van der Waals surface area contributed by atoms with Gasteiger partial charge in [0, 0.05) is 30.9 Å². The molecule has 1 aromatic heterocycles. The number of benzene rings is 1. The van der Waals surface area contributed by atoms with Crippen molar-refractivity contribution in [1.82, 2.24) is 19.8 Å². The number of amides is 2. The maximum absolute atomic E-state index is 12.9. The SMILES string of the molecule is COC(=O)CN1C[C@H](n2ccc(NC(=O)c3ccc(C(C)(C)C)cc3)nc2=O)C[C@@H]1CNC(=O)OC(C)(C)C. The molecule has 0 saturated carbocycles. The fraction of sp³-hybridized carbons (Fsp3) is 0.536. The zero-order valence-electron chi connectivity index (χ0n) is 23.7. The zero-order valence-corrected chi connectivity index (χ0v) is 23.7. The Morgan fingerprint density at radius 2 is 1.72 bits per heavy atom. The van der Waals surface area contributed by atoms with Gasteiger partial charge in [0.25, 0.3) is 5.91 Å². The number of anilines is 1. The molecule has 1 aliphatic heterocycles. The summed E-state index contributed by atoms with van der Waals surface area (Å²) in [5.41, 5.74) is 0.374. The maximum Gasteiger partial charge on any atom is 0.407 e. The van der Waals surface area contributed by atoms with Gasteiger partial charge in [-0.05, 0) is 56.4 Å². The van der Waals surface area contributed by atoms with E-state index in [1.165, 1.54) is 11.7 Å². The summed E-state index contributed by atoms with van der Waals surface area (Å²) >= 11 is 0. The van der Waals surface area contributed by atoms with Crippen LogP contribution in [0.2, 0.25) is 0 Å². The number of carbonyl (C=O) groups excluding carboxylic acids is 3. The molecule has 2 atom stereocenters. The van der Waals surface area contributed by atoms with Crippen LogP contribution in [0.4, 0.5) is 10.6 Å². The van der Waals surface area contributed by atoms with Crippen molar-refractivity contribution in [2.45, 2.75) is 71.1 Å². The number of ether oxygens (including phenoxy) is 2. The minimum absolute atomic E-state index is 0.0119. The van der Waals surface area contributed by atoms with E-state index in [-0.39, 0.29) is 42.3 Å². The molecular formula is C28H39N5O6. The second-order valence-electron chi connectivity index (χ2n) is 11.7. The van der Waals surface area contributed by atoms with Crippen LogP contribution in [0.3, 0.4) is 0 Å². The highest BCUT2D eigenvalue weighted by Crippen LogP contribution is 2.26. The Labute approximate surface area is 228 Å². The first kappa shape index (κ1) is 29.8. The third-order valence-corrected chi connectivity index (χ3v) is 6.42. The normalized spacial score (nSPS) is 17.9. The highest BCUT2D eigenvalue weighted by atomic mass is 16.6. The third-order valence-electron chi connectivity index (χ3n) is 6.42. The number of methoxy groups -OCH3 is 1. The monoisotopic (exact) mass is 541 g/mol. The van der Waals surface area contributed by atoms with Gasteiger partial charge in [-0.1, -0.05) is 32.9 Å². The van der Waals surface area contributed by atoms with Crippen molar-refractivity contribution in [2.24, 2.45) is 0 Å². The number of hydrogen-bond acceptors (Lipinski definition) is 8. The number of esters is 1. The molecule has 2 N–H and O–H groups in total. The molecule has 0 unspecified atom stereocenters. The predicted octanol–water partition coefficient (Wildman–Crippen LogP) is 3.11. The van der Waals surface area contributed by atoms with E-state index in [9.17, 15) is 19.2 Å². The van der Waals surface area contributed by atoms with Gasteiger partial charge in [0.2, 0.25) is 0 Å². The number of aromatic nitrogens is 2. The molecule has 1 aliphatic rings. The van der Waals surface area contributed by atoms with E-state index in [2.05, 4.69) is 36.4 Å². The number of nitrogens with one attached hydrogen (secondary N) is 2. The molecule has 1 saturated heterocycles.